The third-order valence-corrected chi connectivity index (χ3v) is 5.54. The monoisotopic (exact) mass is 400 g/mol. The standard InChI is InChI=1S/C19H16N2O4S2/c1-25-13-5-2-4-12(10-13)21-19(24)18(23)20-11-14-7-8-16(27-14)17(22)15-6-3-9-26-15/h2-10H,11H2,1H3,(H,20,23)(H,21,24). The zero-order valence-electron chi connectivity index (χ0n) is 14.4. The van der Waals surface area contributed by atoms with Gasteiger partial charge in [0.05, 0.1) is 23.4 Å². The Morgan fingerprint density at radius 3 is 2.59 bits per heavy atom. The molecule has 138 valence electrons. The van der Waals surface area contributed by atoms with E-state index >= 15 is 0 Å². The van der Waals surface area contributed by atoms with E-state index in [0.717, 1.165) is 4.88 Å². The highest BCUT2D eigenvalue weighted by molar-refractivity contribution is 7.16. The predicted octanol–water partition coefficient (Wildman–Crippen LogP) is 3.30. The van der Waals surface area contributed by atoms with Crippen LogP contribution in [0.4, 0.5) is 5.69 Å². The van der Waals surface area contributed by atoms with E-state index in [2.05, 4.69) is 10.6 Å². The first-order chi connectivity index (χ1) is 13.1. The number of methoxy groups -OCH3 is 1. The minimum Gasteiger partial charge on any atom is -0.497 e. The molecular formula is C19H16N2O4S2. The fourth-order valence-corrected chi connectivity index (χ4v) is 3.90. The van der Waals surface area contributed by atoms with Gasteiger partial charge in [0.15, 0.2) is 0 Å². The van der Waals surface area contributed by atoms with Crippen LogP contribution < -0.4 is 15.4 Å². The van der Waals surface area contributed by atoms with Gasteiger partial charge in [0.25, 0.3) is 0 Å². The average molecular weight is 400 g/mol. The number of ether oxygens (including phenoxy) is 1. The Balaban J connectivity index is 1.54. The molecule has 6 nitrogen and oxygen atoms in total. The lowest BCUT2D eigenvalue weighted by Gasteiger charge is -2.07. The SMILES string of the molecule is COc1cccc(NC(=O)C(=O)NCc2ccc(C(=O)c3cccs3)s2)c1. The van der Waals surface area contributed by atoms with Crippen LogP contribution in [0.2, 0.25) is 0 Å². The third-order valence-electron chi connectivity index (χ3n) is 3.59. The highest BCUT2D eigenvalue weighted by Gasteiger charge is 2.16. The van der Waals surface area contributed by atoms with Gasteiger partial charge in [-0.05, 0) is 35.7 Å². The topological polar surface area (TPSA) is 84.5 Å². The van der Waals surface area contributed by atoms with E-state index < -0.39 is 11.8 Å². The van der Waals surface area contributed by atoms with E-state index in [-0.39, 0.29) is 12.3 Å². The van der Waals surface area contributed by atoms with Gasteiger partial charge in [-0.3, -0.25) is 14.4 Å². The summed E-state index contributed by atoms with van der Waals surface area (Å²) in [4.78, 5) is 38.3. The van der Waals surface area contributed by atoms with E-state index in [1.54, 1.807) is 42.5 Å². The Morgan fingerprint density at radius 1 is 1.00 bits per heavy atom. The van der Waals surface area contributed by atoms with Crippen LogP contribution >= 0.6 is 22.7 Å². The summed E-state index contributed by atoms with van der Waals surface area (Å²) < 4.78 is 5.07. The summed E-state index contributed by atoms with van der Waals surface area (Å²) in [6.07, 6.45) is 0. The number of rotatable bonds is 6. The molecule has 0 bridgehead atoms. The molecule has 0 saturated heterocycles. The number of hydrogen-bond acceptors (Lipinski definition) is 6. The fourth-order valence-electron chi connectivity index (χ4n) is 2.26. The van der Waals surface area contributed by atoms with Crippen LogP contribution in [0.1, 0.15) is 19.4 Å². The molecule has 2 amide bonds. The van der Waals surface area contributed by atoms with E-state index in [1.807, 2.05) is 11.4 Å². The first kappa shape index (κ1) is 18.8. The molecule has 2 N–H and O–H groups in total. The van der Waals surface area contributed by atoms with Gasteiger partial charge in [0.1, 0.15) is 5.75 Å². The molecular weight excluding hydrogens is 384 g/mol. The van der Waals surface area contributed by atoms with Crippen molar-refractivity contribution in [3.8, 4) is 5.75 Å². The molecule has 0 aliphatic carbocycles. The van der Waals surface area contributed by atoms with Gasteiger partial charge in [0, 0.05) is 16.6 Å². The number of carbonyl (C=O) groups excluding carboxylic acids is 3. The lowest BCUT2D eigenvalue weighted by Crippen LogP contribution is -2.34. The lowest BCUT2D eigenvalue weighted by atomic mass is 10.3. The Bertz CT molecular complexity index is 964. The molecule has 0 aliphatic rings. The van der Waals surface area contributed by atoms with Crippen LogP contribution in [-0.4, -0.2) is 24.7 Å². The second kappa shape index (κ2) is 8.61. The summed E-state index contributed by atoms with van der Waals surface area (Å²) in [6, 6.07) is 13.8. The number of ketones is 1. The first-order valence-corrected chi connectivity index (χ1v) is 9.66. The van der Waals surface area contributed by atoms with Crippen molar-refractivity contribution in [3.63, 3.8) is 0 Å². The normalized spacial score (nSPS) is 10.3. The van der Waals surface area contributed by atoms with Crippen molar-refractivity contribution >= 4 is 46.0 Å². The molecule has 2 heterocycles. The molecule has 0 radical (unpaired) electrons. The molecule has 27 heavy (non-hydrogen) atoms. The zero-order chi connectivity index (χ0) is 19.2. The van der Waals surface area contributed by atoms with Crippen molar-refractivity contribution in [2.75, 3.05) is 12.4 Å². The molecule has 3 aromatic rings. The molecule has 0 fully saturated rings. The lowest BCUT2D eigenvalue weighted by molar-refractivity contribution is -0.136. The van der Waals surface area contributed by atoms with Crippen molar-refractivity contribution in [1.82, 2.24) is 5.32 Å². The second-order valence-corrected chi connectivity index (χ2v) is 7.56. The van der Waals surface area contributed by atoms with Gasteiger partial charge < -0.3 is 15.4 Å². The summed E-state index contributed by atoms with van der Waals surface area (Å²) in [5.74, 6) is -0.981. The molecule has 0 aliphatic heterocycles. The van der Waals surface area contributed by atoms with Crippen LogP contribution in [0.15, 0.2) is 53.9 Å². The van der Waals surface area contributed by atoms with Gasteiger partial charge in [-0.25, -0.2) is 0 Å². The average Bonchev–Trinajstić information content (AvgIpc) is 3.37. The molecule has 0 saturated carbocycles. The van der Waals surface area contributed by atoms with Gasteiger partial charge in [-0.2, -0.15) is 0 Å². The number of hydrogen-bond donors (Lipinski definition) is 2. The quantitative estimate of drug-likeness (QED) is 0.491. The number of anilines is 1. The molecule has 3 rings (SSSR count). The van der Waals surface area contributed by atoms with Gasteiger partial charge >= 0.3 is 11.8 Å². The first-order valence-electron chi connectivity index (χ1n) is 7.97. The maximum absolute atomic E-state index is 12.3. The van der Waals surface area contributed by atoms with Crippen molar-refractivity contribution in [2.45, 2.75) is 6.54 Å². The maximum Gasteiger partial charge on any atom is 0.313 e. The summed E-state index contributed by atoms with van der Waals surface area (Å²) in [6.45, 7) is 0.173. The van der Waals surface area contributed by atoms with Crippen molar-refractivity contribution in [2.24, 2.45) is 0 Å². The smallest absolute Gasteiger partial charge is 0.313 e. The third kappa shape index (κ3) is 4.81. The Labute approximate surface area is 163 Å². The maximum atomic E-state index is 12.3. The number of nitrogens with one attached hydrogen (secondary N) is 2. The minimum atomic E-state index is -0.769. The molecule has 8 heteroatoms. The summed E-state index contributed by atoms with van der Waals surface area (Å²) >= 11 is 2.68. The van der Waals surface area contributed by atoms with E-state index in [9.17, 15) is 14.4 Å². The number of amides is 2. The fraction of sp³-hybridized carbons (Fsp3) is 0.105. The second-order valence-electron chi connectivity index (χ2n) is 5.44. The Morgan fingerprint density at radius 2 is 1.85 bits per heavy atom. The molecule has 0 unspecified atom stereocenters. The van der Waals surface area contributed by atoms with Crippen LogP contribution in [0.5, 0.6) is 5.75 Å². The molecule has 1 aromatic carbocycles. The molecule has 2 aromatic heterocycles. The van der Waals surface area contributed by atoms with Crippen LogP contribution in [0.3, 0.4) is 0 Å². The minimum absolute atomic E-state index is 0.0386. The van der Waals surface area contributed by atoms with E-state index in [4.69, 9.17) is 4.74 Å². The van der Waals surface area contributed by atoms with Crippen molar-refractivity contribution < 1.29 is 19.1 Å². The Hall–Kier alpha value is -2.97. The van der Waals surface area contributed by atoms with Gasteiger partial charge in [0.2, 0.25) is 5.78 Å². The zero-order valence-corrected chi connectivity index (χ0v) is 16.0. The summed E-state index contributed by atoms with van der Waals surface area (Å²) in [5.41, 5.74) is 0.467. The number of carbonyl (C=O) groups is 3. The summed E-state index contributed by atoms with van der Waals surface area (Å²) in [5, 5.41) is 6.92. The highest BCUT2D eigenvalue weighted by atomic mass is 32.1. The van der Waals surface area contributed by atoms with Gasteiger partial charge in [-0.15, -0.1) is 22.7 Å². The van der Waals surface area contributed by atoms with Crippen molar-refractivity contribution in [3.05, 3.63) is 68.5 Å². The largest absolute Gasteiger partial charge is 0.497 e. The number of benzene rings is 1. The van der Waals surface area contributed by atoms with Gasteiger partial charge in [-0.1, -0.05) is 12.1 Å². The van der Waals surface area contributed by atoms with Crippen LogP contribution in [-0.2, 0) is 16.1 Å². The molecule has 0 spiro atoms. The predicted molar refractivity (Wildman–Crippen MR) is 106 cm³/mol. The van der Waals surface area contributed by atoms with Crippen LogP contribution in [0.25, 0.3) is 0 Å². The summed E-state index contributed by atoms with van der Waals surface area (Å²) in [7, 11) is 1.52. The number of thiophene rings is 2. The highest BCUT2D eigenvalue weighted by Crippen LogP contribution is 2.22. The Kier molecular flexibility index (Phi) is 6.00. The van der Waals surface area contributed by atoms with E-state index in [1.165, 1.54) is 29.8 Å². The van der Waals surface area contributed by atoms with E-state index in [0.29, 0.717) is 21.2 Å². The molecule has 0 atom stereocenters. The van der Waals surface area contributed by atoms with Crippen molar-refractivity contribution in [1.29, 1.82) is 0 Å². The van der Waals surface area contributed by atoms with Crippen LogP contribution in [0, 0.1) is 0 Å².